The molecule has 0 N–H and O–H groups in total. The average Bonchev–Trinajstić information content (AvgIpc) is 3.68. The quantitative estimate of drug-likeness (QED) is 0.167. The van der Waals surface area contributed by atoms with Gasteiger partial charge in [0.25, 0.3) is 0 Å². The Hall–Kier alpha value is -4.86. The minimum Gasteiger partial charge on any atom is -0.456 e. The smallest absolute Gasteiger partial charge is 0.137 e. The molecule has 0 atom stereocenters. The highest BCUT2D eigenvalue weighted by Crippen LogP contribution is 2.70. The molecule has 1 spiro atoms. The van der Waals surface area contributed by atoms with Crippen LogP contribution >= 0.6 is 0 Å². The number of rotatable bonds is 5. The standard InChI is InChI=1S/C49H45NOSi/c1-52(2,3)38-23-24-42-41(30-38)47-39(14-9-15-43(47)49(42)34-26-31-25-32(28-34)29-35(49)27-31)33-19-21-37(22-20-33)50(36-11-5-4-6-12-36)44-16-10-18-46-48(44)40-13-7-8-17-45(40)51-46/h4-24,30-32,34-35H,25-29H2,1-3H3. The van der Waals surface area contributed by atoms with Crippen LogP contribution in [0, 0.1) is 23.7 Å². The lowest BCUT2D eigenvalue weighted by Crippen LogP contribution is -2.55. The van der Waals surface area contributed by atoms with E-state index in [1.165, 1.54) is 54.4 Å². The first kappa shape index (κ1) is 30.7. The molecular formula is C49H45NOSi. The summed E-state index contributed by atoms with van der Waals surface area (Å²) in [7, 11) is -1.52. The summed E-state index contributed by atoms with van der Waals surface area (Å²) < 4.78 is 6.35. The van der Waals surface area contributed by atoms with Crippen molar-refractivity contribution >= 4 is 52.3 Å². The molecule has 0 aliphatic heterocycles. The van der Waals surface area contributed by atoms with E-state index in [4.69, 9.17) is 4.42 Å². The van der Waals surface area contributed by atoms with Gasteiger partial charge >= 0.3 is 0 Å². The van der Waals surface area contributed by atoms with E-state index in [9.17, 15) is 0 Å². The Balaban J connectivity index is 1.08. The molecule has 4 saturated carbocycles. The summed E-state index contributed by atoms with van der Waals surface area (Å²) in [4.78, 5) is 2.39. The first-order chi connectivity index (χ1) is 25.4. The second kappa shape index (κ2) is 11.1. The molecule has 5 aliphatic rings. The number of nitrogens with zero attached hydrogens (tertiary/aromatic N) is 1. The first-order valence-corrected chi connectivity index (χ1v) is 23.0. The third kappa shape index (κ3) is 4.29. The van der Waals surface area contributed by atoms with Crippen molar-refractivity contribution in [2.24, 2.45) is 23.7 Å². The predicted molar refractivity (Wildman–Crippen MR) is 220 cm³/mol. The summed E-state index contributed by atoms with van der Waals surface area (Å²) in [6.07, 6.45) is 7.13. The molecule has 0 saturated heterocycles. The largest absolute Gasteiger partial charge is 0.456 e. The van der Waals surface area contributed by atoms with E-state index in [0.717, 1.165) is 62.7 Å². The Labute approximate surface area is 308 Å². The number of hydrogen-bond donors (Lipinski definition) is 0. The van der Waals surface area contributed by atoms with Crippen LogP contribution in [0.15, 0.2) is 138 Å². The minimum atomic E-state index is -1.52. The summed E-state index contributed by atoms with van der Waals surface area (Å²) >= 11 is 0. The topological polar surface area (TPSA) is 16.4 Å². The van der Waals surface area contributed by atoms with E-state index in [1.807, 2.05) is 6.07 Å². The highest BCUT2D eigenvalue weighted by atomic mass is 28.3. The monoisotopic (exact) mass is 691 g/mol. The minimum absolute atomic E-state index is 0.169. The fourth-order valence-electron chi connectivity index (χ4n) is 11.7. The van der Waals surface area contributed by atoms with Gasteiger partial charge in [0.1, 0.15) is 11.2 Å². The number of fused-ring (bicyclic) bond motifs is 6. The molecule has 0 radical (unpaired) electrons. The third-order valence-electron chi connectivity index (χ3n) is 13.6. The van der Waals surface area contributed by atoms with Gasteiger partial charge in [-0.05, 0) is 132 Å². The third-order valence-corrected chi connectivity index (χ3v) is 15.7. The Kier molecular flexibility index (Phi) is 6.54. The lowest BCUT2D eigenvalue weighted by Gasteiger charge is -2.61. The second-order valence-corrected chi connectivity index (χ2v) is 22.5. The predicted octanol–water partition coefficient (Wildman–Crippen LogP) is 13.0. The Morgan fingerprint density at radius 1 is 0.577 bits per heavy atom. The van der Waals surface area contributed by atoms with Crippen LogP contribution in [0.3, 0.4) is 0 Å². The highest BCUT2D eigenvalue weighted by molar-refractivity contribution is 6.88. The van der Waals surface area contributed by atoms with Crippen molar-refractivity contribution in [2.45, 2.75) is 57.2 Å². The molecule has 256 valence electrons. The molecule has 4 bridgehead atoms. The van der Waals surface area contributed by atoms with E-state index in [0.29, 0.717) is 0 Å². The van der Waals surface area contributed by atoms with E-state index >= 15 is 0 Å². The lowest BCUT2D eigenvalue weighted by molar-refractivity contribution is -0.0399. The van der Waals surface area contributed by atoms with Crippen molar-refractivity contribution < 1.29 is 4.42 Å². The molecule has 1 heterocycles. The average molecular weight is 692 g/mol. The van der Waals surface area contributed by atoms with Gasteiger partial charge in [0, 0.05) is 22.2 Å². The second-order valence-electron chi connectivity index (χ2n) is 17.4. The molecule has 52 heavy (non-hydrogen) atoms. The number of anilines is 3. The summed E-state index contributed by atoms with van der Waals surface area (Å²) in [5.74, 6) is 3.41. The first-order valence-electron chi connectivity index (χ1n) is 19.5. The molecule has 3 heteroatoms. The van der Waals surface area contributed by atoms with E-state index in [-0.39, 0.29) is 5.41 Å². The Morgan fingerprint density at radius 2 is 1.25 bits per heavy atom. The zero-order chi connectivity index (χ0) is 34.8. The van der Waals surface area contributed by atoms with Gasteiger partial charge in [-0.15, -0.1) is 0 Å². The molecule has 4 fully saturated rings. The number of hydrogen-bond acceptors (Lipinski definition) is 2. The number of benzene rings is 6. The number of furan rings is 1. The molecule has 2 nitrogen and oxygen atoms in total. The van der Waals surface area contributed by atoms with Gasteiger partial charge < -0.3 is 9.32 Å². The van der Waals surface area contributed by atoms with Gasteiger partial charge in [0.05, 0.1) is 19.1 Å². The molecule has 12 rings (SSSR count). The molecule has 6 aromatic carbocycles. The Morgan fingerprint density at radius 3 is 2.00 bits per heavy atom. The maximum absolute atomic E-state index is 6.35. The van der Waals surface area contributed by atoms with Gasteiger partial charge in [-0.2, -0.15) is 0 Å². The van der Waals surface area contributed by atoms with Crippen LogP contribution in [0.2, 0.25) is 19.6 Å². The Bertz CT molecular complexity index is 2490. The van der Waals surface area contributed by atoms with Crippen LogP contribution in [0.5, 0.6) is 0 Å². The van der Waals surface area contributed by atoms with Crippen LogP contribution in [0.4, 0.5) is 17.1 Å². The van der Waals surface area contributed by atoms with Crippen molar-refractivity contribution in [2.75, 3.05) is 4.90 Å². The van der Waals surface area contributed by atoms with Crippen molar-refractivity contribution in [3.05, 3.63) is 145 Å². The van der Waals surface area contributed by atoms with Crippen LogP contribution < -0.4 is 10.1 Å². The highest BCUT2D eigenvalue weighted by Gasteiger charge is 2.61. The molecule has 0 unspecified atom stereocenters. The molecule has 5 aliphatic carbocycles. The maximum Gasteiger partial charge on any atom is 0.137 e. The van der Waals surface area contributed by atoms with Crippen LogP contribution in [-0.2, 0) is 5.41 Å². The van der Waals surface area contributed by atoms with E-state index in [2.05, 4.69) is 152 Å². The van der Waals surface area contributed by atoms with Gasteiger partial charge in [0.2, 0.25) is 0 Å². The zero-order valence-electron chi connectivity index (χ0n) is 30.4. The maximum atomic E-state index is 6.35. The van der Waals surface area contributed by atoms with Crippen LogP contribution in [0.1, 0.15) is 43.2 Å². The van der Waals surface area contributed by atoms with Crippen molar-refractivity contribution in [1.82, 2.24) is 0 Å². The fraction of sp³-hybridized carbons (Fsp3) is 0.265. The molecule has 7 aromatic rings. The van der Waals surface area contributed by atoms with Gasteiger partial charge in [0.15, 0.2) is 0 Å². The van der Waals surface area contributed by atoms with Crippen LogP contribution in [0.25, 0.3) is 44.2 Å². The zero-order valence-corrected chi connectivity index (χ0v) is 31.4. The SMILES string of the molecule is C[Si](C)(C)c1ccc2c(c1)-c1c(-c3ccc(N(c4ccccc4)c4cccc5oc6ccccc6c45)cc3)cccc1C21C2CC3CC(C2)CC1C3. The van der Waals surface area contributed by atoms with Gasteiger partial charge in [-0.3, -0.25) is 0 Å². The summed E-state index contributed by atoms with van der Waals surface area (Å²) in [5, 5.41) is 3.85. The molecule has 1 aromatic heterocycles. The van der Waals surface area contributed by atoms with Crippen LogP contribution in [-0.4, -0.2) is 8.07 Å². The van der Waals surface area contributed by atoms with E-state index < -0.39 is 8.07 Å². The van der Waals surface area contributed by atoms with Crippen molar-refractivity contribution in [3.8, 4) is 22.3 Å². The summed E-state index contributed by atoms with van der Waals surface area (Å²) in [6, 6.07) is 50.1. The normalized spacial score (nSPS) is 24.1. The lowest BCUT2D eigenvalue weighted by atomic mass is 9.43. The van der Waals surface area contributed by atoms with Gasteiger partial charge in [-0.1, -0.05) is 116 Å². The number of para-hydroxylation sites is 2. The van der Waals surface area contributed by atoms with E-state index in [1.54, 1.807) is 16.3 Å². The summed E-state index contributed by atoms with van der Waals surface area (Å²) in [6.45, 7) is 7.50. The van der Waals surface area contributed by atoms with Gasteiger partial charge in [-0.25, -0.2) is 0 Å². The molecule has 0 amide bonds. The fourth-order valence-corrected chi connectivity index (χ4v) is 12.9. The van der Waals surface area contributed by atoms with Crippen molar-refractivity contribution in [3.63, 3.8) is 0 Å². The summed E-state index contributed by atoms with van der Waals surface area (Å²) in [5.41, 5.74) is 14.4. The molecular weight excluding hydrogens is 647 g/mol. The van der Waals surface area contributed by atoms with Crippen molar-refractivity contribution in [1.29, 1.82) is 0 Å².